The Morgan fingerprint density at radius 1 is 1.05 bits per heavy atom. The molecule has 1 heterocycles. The van der Waals surface area contributed by atoms with Crippen LogP contribution in [-0.2, 0) is 6.54 Å². The van der Waals surface area contributed by atoms with Crippen LogP contribution in [0.25, 0.3) is 0 Å². The summed E-state index contributed by atoms with van der Waals surface area (Å²) < 4.78 is 0. The molecule has 5 nitrogen and oxygen atoms in total. The average Bonchev–Trinajstić information content (AvgIpc) is 2.39. The first-order valence-electron chi connectivity index (χ1n) is 6.62. The Bertz CT molecular complexity index is 560. The molecule has 0 amide bonds. The highest BCUT2D eigenvalue weighted by Crippen LogP contribution is 2.25. The van der Waals surface area contributed by atoms with Crippen LogP contribution in [0.1, 0.15) is 26.3 Å². The molecule has 1 aromatic heterocycles. The van der Waals surface area contributed by atoms with Crippen molar-refractivity contribution in [2.75, 3.05) is 16.4 Å². The van der Waals surface area contributed by atoms with E-state index in [2.05, 4.69) is 53.5 Å². The summed E-state index contributed by atoms with van der Waals surface area (Å²) >= 11 is 0. The predicted molar refractivity (Wildman–Crippen MR) is 83.6 cm³/mol. The summed E-state index contributed by atoms with van der Waals surface area (Å²) in [6.07, 6.45) is 1.51. The number of anilines is 3. The van der Waals surface area contributed by atoms with Gasteiger partial charge in [0.25, 0.3) is 0 Å². The molecule has 0 aliphatic rings. The molecular weight excluding hydrogens is 250 g/mol. The molecule has 0 spiro atoms. The molecule has 0 unspecified atom stereocenters. The van der Waals surface area contributed by atoms with Gasteiger partial charge in [-0.3, -0.25) is 0 Å². The Balaban J connectivity index is 2.11. The Labute approximate surface area is 119 Å². The largest absolute Gasteiger partial charge is 0.393 e. The normalized spacial score (nSPS) is 11.2. The van der Waals surface area contributed by atoms with E-state index in [9.17, 15) is 0 Å². The smallest absolute Gasteiger partial charge is 0.155 e. The molecule has 106 valence electrons. The summed E-state index contributed by atoms with van der Waals surface area (Å²) in [5, 5.41) is 6.51. The molecule has 20 heavy (non-hydrogen) atoms. The first kappa shape index (κ1) is 14.1. The van der Waals surface area contributed by atoms with Crippen LogP contribution < -0.4 is 16.4 Å². The van der Waals surface area contributed by atoms with Crippen molar-refractivity contribution in [2.24, 2.45) is 0 Å². The zero-order chi connectivity index (χ0) is 14.6. The molecule has 0 aliphatic heterocycles. The van der Waals surface area contributed by atoms with Gasteiger partial charge in [0.1, 0.15) is 12.0 Å². The summed E-state index contributed by atoms with van der Waals surface area (Å²) in [6.45, 7) is 6.86. The first-order valence-corrected chi connectivity index (χ1v) is 6.62. The highest BCUT2D eigenvalue weighted by atomic mass is 15.1. The minimum Gasteiger partial charge on any atom is -0.393 e. The second kappa shape index (κ2) is 5.77. The maximum Gasteiger partial charge on any atom is 0.155 e. The summed E-state index contributed by atoms with van der Waals surface area (Å²) in [5.74, 6) is 1.30. The number of aromatic nitrogens is 2. The molecule has 2 aromatic rings. The van der Waals surface area contributed by atoms with Crippen LogP contribution in [0.3, 0.4) is 0 Å². The van der Waals surface area contributed by atoms with Gasteiger partial charge in [-0.05, 0) is 26.3 Å². The summed E-state index contributed by atoms with van der Waals surface area (Å²) in [4.78, 5) is 8.39. The Hall–Kier alpha value is -2.30. The molecule has 0 atom stereocenters. The van der Waals surface area contributed by atoms with Gasteiger partial charge in [0.05, 0.1) is 0 Å². The van der Waals surface area contributed by atoms with Crippen LogP contribution >= 0.6 is 0 Å². The third kappa shape index (κ3) is 3.85. The van der Waals surface area contributed by atoms with Gasteiger partial charge in [0.15, 0.2) is 11.6 Å². The fourth-order valence-electron chi connectivity index (χ4n) is 1.77. The number of rotatable bonds is 4. The maximum atomic E-state index is 6.10. The molecule has 0 aliphatic carbocycles. The van der Waals surface area contributed by atoms with E-state index in [-0.39, 0.29) is 5.54 Å². The third-order valence-corrected chi connectivity index (χ3v) is 2.68. The second-order valence-electron chi connectivity index (χ2n) is 5.70. The number of nitrogen functional groups attached to an aromatic ring is 1. The van der Waals surface area contributed by atoms with Crippen molar-refractivity contribution in [1.82, 2.24) is 9.97 Å². The summed E-state index contributed by atoms with van der Waals surface area (Å²) in [7, 11) is 0. The molecule has 4 N–H and O–H groups in total. The van der Waals surface area contributed by atoms with E-state index < -0.39 is 0 Å². The molecule has 0 saturated heterocycles. The minimum absolute atomic E-state index is 0.0980. The van der Waals surface area contributed by atoms with Gasteiger partial charge < -0.3 is 16.4 Å². The number of nitrogens with two attached hydrogens (primary N) is 1. The number of benzene rings is 1. The molecule has 5 heteroatoms. The number of nitrogens with one attached hydrogen (secondary N) is 2. The van der Waals surface area contributed by atoms with Gasteiger partial charge in [-0.1, -0.05) is 30.3 Å². The first-order chi connectivity index (χ1) is 9.46. The standard InChI is InChI=1S/C15H21N5/c1-15(2,3)20-14-12(16)13(18-10-19-14)17-9-11-7-5-4-6-8-11/h4-8,10H,9,16H2,1-3H3,(H2,17,18,19,20). The second-order valence-corrected chi connectivity index (χ2v) is 5.70. The van der Waals surface area contributed by atoms with Crippen LogP contribution in [0, 0.1) is 0 Å². The fourth-order valence-corrected chi connectivity index (χ4v) is 1.77. The Kier molecular flexibility index (Phi) is 4.08. The SMILES string of the molecule is CC(C)(C)Nc1ncnc(NCc2ccccc2)c1N. The van der Waals surface area contributed by atoms with Crippen LogP contribution in [0.4, 0.5) is 17.3 Å². The molecule has 0 radical (unpaired) electrons. The zero-order valence-corrected chi connectivity index (χ0v) is 12.1. The molecule has 1 aromatic carbocycles. The predicted octanol–water partition coefficient (Wildman–Crippen LogP) is 2.88. The lowest BCUT2D eigenvalue weighted by Gasteiger charge is -2.22. The van der Waals surface area contributed by atoms with Gasteiger partial charge >= 0.3 is 0 Å². The van der Waals surface area contributed by atoms with E-state index in [1.165, 1.54) is 11.9 Å². The van der Waals surface area contributed by atoms with E-state index in [4.69, 9.17) is 5.73 Å². The van der Waals surface area contributed by atoms with Gasteiger partial charge in [0.2, 0.25) is 0 Å². The average molecular weight is 271 g/mol. The zero-order valence-electron chi connectivity index (χ0n) is 12.1. The molecular formula is C15H21N5. The molecule has 0 saturated carbocycles. The van der Waals surface area contributed by atoms with Crippen LogP contribution in [0.15, 0.2) is 36.7 Å². The lowest BCUT2D eigenvalue weighted by Crippen LogP contribution is -2.27. The topological polar surface area (TPSA) is 75.9 Å². The number of hydrogen-bond donors (Lipinski definition) is 3. The van der Waals surface area contributed by atoms with Crippen molar-refractivity contribution in [2.45, 2.75) is 32.9 Å². The van der Waals surface area contributed by atoms with Crippen LogP contribution in [0.2, 0.25) is 0 Å². The minimum atomic E-state index is -0.0980. The Morgan fingerprint density at radius 3 is 2.35 bits per heavy atom. The van der Waals surface area contributed by atoms with Crippen molar-refractivity contribution < 1.29 is 0 Å². The molecule has 0 fully saturated rings. The van der Waals surface area contributed by atoms with Gasteiger partial charge in [-0.2, -0.15) is 0 Å². The van der Waals surface area contributed by atoms with Crippen molar-refractivity contribution in [3.05, 3.63) is 42.2 Å². The fraction of sp³-hybridized carbons (Fsp3) is 0.333. The van der Waals surface area contributed by atoms with Gasteiger partial charge in [-0.15, -0.1) is 0 Å². The van der Waals surface area contributed by atoms with Crippen molar-refractivity contribution in [3.8, 4) is 0 Å². The van der Waals surface area contributed by atoms with Crippen LogP contribution in [-0.4, -0.2) is 15.5 Å². The molecule has 2 rings (SSSR count). The van der Waals surface area contributed by atoms with Gasteiger partial charge in [-0.25, -0.2) is 9.97 Å². The summed E-state index contributed by atoms with van der Waals surface area (Å²) in [6, 6.07) is 10.1. The van der Waals surface area contributed by atoms with E-state index in [1.807, 2.05) is 18.2 Å². The quantitative estimate of drug-likeness (QED) is 0.797. The summed E-state index contributed by atoms with van der Waals surface area (Å²) in [5.41, 5.74) is 7.72. The molecule has 0 bridgehead atoms. The van der Waals surface area contributed by atoms with Crippen molar-refractivity contribution in [1.29, 1.82) is 0 Å². The van der Waals surface area contributed by atoms with E-state index in [1.54, 1.807) is 0 Å². The number of nitrogens with zero attached hydrogens (tertiary/aromatic N) is 2. The van der Waals surface area contributed by atoms with E-state index in [0.717, 1.165) is 0 Å². The monoisotopic (exact) mass is 271 g/mol. The van der Waals surface area contributed by atoms with Gasteiger partial charge in [0, 0.05) is 12.1 Å². The highest BCUT2D eigenvalue weighted by Gasteiger charge is 2.14. The van der Waals surface area contributed by atoms with Crippen LogP contribution in [0.5, 0.6) is 0 Å². The Morgan fingerprint density at radius 2 is 1.70 bits per heavy atom. The number of hydrogen-bond acceptors (Lipinski definition) is 5. The van der Waals surface area contributed by atoms with E-state index in [0.29, 0.717) is 23.9 Å². The van der Waals surface area contributed by atoms with Crippen molar-refractivity contribution in [3.63, 3.8) is 0 Å². The lowest BCUT2D eigenvalue weighted by atomic mass is 10.1. The highest BCUT2D eigenvalue weighted by molar-refractivity contribution is 5.74. The maximum absolute atomic E-state index is 6.10. The lowest BCUT2D eigenvalue weighted by molar-refractivity contribution is 0.630. The third-order valence-electron chi connectivity index (χ3n) is 2.68. The van der Waals surface area contributed by atoms with E-state index >= 15 is 0 Å². The van der Waals surface area contributed by atoms with Crippen molar-refractivity contribution >= 4 is 17.3 Å².